The van der Waals surface area contributed by atoms with E-state index in [2.05, 4.69) is 5.32 Å². The third-order valence-corrected chi connectivity index (χ3v) is 6.32. The van der Waals surface area contributed by atoms with Gasteiger partial charge in [-0.25, -0.2) is 0 Å². The van der Waals surface area contributed by atoms with E-state index in [4.69, 9.17) is 11.6 Å². The van der Waals surface area contributed by atoms with E-state index in [0.29, 0.717) is 20.8 Å². The number of rotatable bonds is 5. The molecule has 5 nitrogen and oxygen atoms in total. The lowest BCUT2D eigenvalue weighted by molar-refractivity contribution is -0.115. The SMILES string of the molecule is N#CC(C(=O)NCc1ccccc1)=c1sc(=Cc2ccccc2Cl)c(=O)n1-c1ccccc1. The number of halogens is 1. The summed E-state index contributed by atoms with van der Waals surface area (Å²) in [5.74, 6) is -0.545. The van der Waals surface area contributed by atoms with E-state index in [1.165, 1.54) is 4.57 Å². The minimum atomic E-state index is -0.545. The molecule has 0 aliphatic carbocycles. The number of nitriles is 1. The fourth-order valence-electron chi connectivity index (χ4n) is 3.26. The fourth-order valence-corrected chi connectivity index (χ4v) is 4.54. The van der Waals surface area contributed by atoms with E-state index < -0.39 is 5.91 Å². The van der Waals surface area contributed by atoms with Crippen LogP contribution in [0.25, 0.3) is 17.3 Å². The van der Waals surface area contributed by atoms with Crippen LogP contribution in [0, 0.1) is 11.3 Å². The first kappa shape index (κ1) is 22.3. The predicted octanol–water partition coefficient (Wildman–Crippen LogP) is 3.37. The van der Waals surface area contributed by atoms with E-state index >= 15 is 0 Å². The zero-order chi connectivity index (χ0) is 23.2. The molecular weight excluding hydrogens is 454 g/mol. The molecule has 1 N–H and O–H groups in total. The first-order valence-corrected chi connectivity index (χ1v) is 11.3. The summed E-state index contributed by atoms with van der Waals surface area (Å²) < 4.78 is 2.02. The quantitative estimate of drug-likeness (QED) is 0.485. The van der Waals surface area contributed by atoms with E-state index in [0.717, 1.165) is 16.9 Å². The van der Waals surface area contributed by atoms with Crippen molar-refractivity contribution in [2.75, 3.05) is 0 Å². The Kier molecular flexibility index (Phi) is 6.84. The Morgan fingerprint density at radius 1 is 1.00 bits per heavy atom. The minimum Gasteiger partial charge on any atom is -0.347 e. The van der Waals surface area contributed by atoms with Gasteiger partial charge in [-0.15, -0.1) is 11.3 Å². The molecule has 0 aliphatic rings. The predicted molar refractivity (Wildman–Crippen MR) is 131 cm³/mol. The zero-order valence-electron chi connectivity index (χ0n) is 17.4. The number of aromatic nitrogens is 1. The van der Waals surface area contributed by atoms with E-state index in [9.17, 15) is 14.9 Å². The summed E-state index contributed by atoms with van der Waals surface area (Å²) in [5.41, 5.74) is 1.69. The van der Waals surface area contributed by atoms with Crippen molar-refractivity contribution >= 4 is 40.5 Å². The summed E-state index contributed by atoms with van der Waals surface area (Å²) in [6.45, 7) is 0.268. The Hall–Kier alpha value is -3.92. The van der Waals surface area contributed by atoms with Gasteiger partial charge in [-0.3, -0.25) is 14.2 Å². The topological polar surface area (TPSA) is 74.9 Å². The number of carbonyl (C=O) groups excluding carboxylic acids is 1. The lowest BCUT2D eigenvalue weighted by Gasteiger charge is -2.06. The Morgan fingerprint density at radius 2 is 1.64 bits per heavy atom. The molecule has 0 unspecified atom stereocenters. The third kappa shape index (κ3) is 4.96. The van der Waals surface area contributed by atoms with Crippen LogP contribution in [-0.2, 0) is 11.3 Å². The summed E-state index contributed by atoms with van der Waals surface area (Å²) in [4.78, 5) is 26.3. The highest BCUT2D eigenvalue weighted by atomic mass is 35.5. The third-order valence-electron chi connectivity index (χ3n) is 4.88. The standard InChI is InChI=1S/C26H18ClN3O2S/c27-22-14-8-7-11-19(22)15-23-25(32)30(20-12-5-2-6-13-20)26(33-23)21(16-28)24(31)29-17-18-9-3-1-4-10-18/h1-15H,17H2,(H,29,31). The van der Waals surface area contributed by atoms with Gasteiger partial charge in [0.1, 0.15) is 10.7 Å². The Morgan fingerprint density at radius 3 is 2.30 bits per heavy atom. The smallest absolute Gasteiger partial charge is 0.273 e. The van der Waals surface area contributed by atoms with Crippen LogP contribution in [0.1, 0.15) is 11.1 Å². The normalized spacial score (nSPS) is 12.2. The first-order valence-electron chi connectivity index (χ1n) is 10.1. The van der Waals surface area contributed by atoms with Gasteiger partial charge >= 0.3 is 0 Å². The molecule has 7 heteroatoms. The molecule has 0 atom stereocenters. The second-order valence-corrected chi connectivity index (χ2v) is 8.51. The number of nitrogens with zero attached hydrogens (tertiary/aromatic N) is 2. The molecule has 0 saturated carbocycles. The van der Waals surface area contributed by atoms with Crippen molar-refractivity contribution < 1.29 is 4.79 Å². The van der Waals surface area contributed by atoms with Gasteiger partial charge in [0.15, 0.2) is 5.57 Å². The summed E-state index contributed by atoms with van der Waals surface area (Å²) in [6, 6.07) is 27.5. The van der Waals surface area contributed by atoms with E-state index in [1.807, 2.05) is 48.5 Å². The van der Waals surface area contributed by atoms with Crippen molar-refractivity contribution in [2.45, 2.75) is 6.54 Å². The van der Waals surface area contributed by atoms with Crippen molar-refractivity contribution in [3.63, 3.8) is 0 Å². The largest absolute Gasteiger partial charge is 0.347 e. The molecular formula is C26H18ClN3O2S. The molecule has 0 bridgehead atoms. The summed E-state index contributed by atoms with van der Waals surface area (Å²) in [6.07, 6.45) is 1.68. The average molecular weight is 472 g/mol. The molecule has 0 fully saturated rings. The number of amides is 1. The second-order valence-electron chi connectivity index (χ2n) is 7.07. The number of nitrogens with one attached hydrogen (secondary N) is 1. The number of benzene rings is 3. The van der Waals surface area contributed by atoms with Crippen molar-refractivity contribution in [2.24, 2.45) is 0 Å². The van der Waals surface area contributed by atoms with Gasteiger partial charge < -0.3 is 5.32 Å². The maximum absolute atomic E-state index is 13.4. The highest BCUT2D eigenvalue weighted by molar-refractivity contribution is 7.07. The molecule has 0 radical (unpaired) electrons. The lowest BCUT2D eigenvalue weighted by atomic mass is 10.2. The van der Waals surface area contributed by atoms with Crippen molar-refractivity contribution in [3.8, 4) is 11.8 Å². The molecule has 1 heterocycles. The molecule has 162 valence electrons. The van der Waals surface area contributed by atoms with Crippen LogP contribution in [0.2, 0.25) is 5.02 Å². The first-order chi connectivity index (χ1) is 16.1. The summed E-state index contributed by atoms with van der Waals surface area (Å²) >= 11 is 7.36. The summed E-state index contributed by atoms with van der Waals surface area (Å²) in [7, 11) is 0. The van der Waals surface area contributed by atoms with Crippen LogP contribution in [0.4, 0.5) is 0 Å². The number of para-hydroxylation sites is 1. The zero-order valence-corrected chi connectivity index (χ0v) is 18.9. The number of hydrogen-bond donors (Lipinski definition) is 1. The number of carbonyl (C=O) groups is 1. The number of thiazole rings is 1. The molecule has 3 aromatic carbocycles. The fraction of sp³-hybridized carbons (Fsp3) is 0.0385. The van der Waals surface area contributed by atoms with Gasteiger partial charge in [0.25, 0.3) is 11.5 Å². The van der Waals surface area contributed by atoms with Crippen LogP contribution in [0.15, 0.2) is 89.7 Å². The van der Waals surface area contributed by atoms with Crippen molar-refractivity contribution in [1.82, 2.24) is 9.88 Å². The van der Waals surface area contributed by atoms with Gasteiger partial charge in [-0.05, 0) is 35.4 Å². The Labute approximate surface area is 199 Å². The number of hydrogen-bond acceptors (Lipinski definition) is 4. The van der Waals surface area contributed by atoms with E-state index in [1.54, 1.807) is 48.5 Å². The van der Waals surface area contributed by atoms with Crippen LogP contribution < -0.4 is 20.1 Å². The van der Waals surface area contributed by atoms with Gasteiger partial charge in [0, 0.05) is 11.6 Å². The second kappa shape index (κ2) is 10.1. The lowest BCUT2D eigenvalue weighted by Crippen LogP contribution is -2.33. The Bertz CT molecular complexity index is 1520. The minimum absolute atomic E-state index is 0.129. The van der Waals surface area contributed by atoms with Gasteiger partial charge in [0.05, 0.1) is 10.2 Å². The molecule has 0 spiro atoms. The van der Waals surface area contributed by atoms with Crippen molar-refractivity contribution in [1.29, 1.82) is 5.26 Å². The van der Waals surface area contributed by atoms with Gasteiger partial charge in [-0.1, -0.05) is 78.3 Å². The molecule has 4 rings (SSSR count). The van der Waals surface area contributed by atoms with Gasteiger partial charge in [-0.2, -0.15) is 5.26 Å². The molecule has 0 saturated heterocycles. The molecule has 0 aliphatic heterocycles. The van der Waals surface area contributed by atoms with Crippen LogP contribution >= 0.6 is 22.9 Å². The average Bonchev–Trinajstić information content (AvgIpc) is 3.16. The van der Waals surface area contributed by atoms with Crippen LogP contribution in [-0.4, -0.2) is 10.5 Å². The Balaban J connectivity index is 1.89. The molecule has 1 amide bonds. The maximum atomic E-state index is 13.4. The molecule has 1 aromatic heterocycles. The summed E-state index contributed by atoms with van der Waals surface area (Å²) in [5, 5.41) is 13.1. The van der Waals surface area contributed by atoms with Crippen LogP contribution in [0.5, 0.6) is 0 Å². The van der Waals surface area contributed by atoms with Gasteiger partial charge in [0.2, 0.25) is 0 Å². The monoisotopic (exact) mass is 471 g/mol. The molecule has 33 heavy (non-hydrogen) atoms. The highest BCUT2D eigenvalue weighted by Crippen LogP contribution is 2.15. The van der Waals surface area contributed by atoms with Crippen LogP contribution in [0.3, 0.4) is 0 Å². The van der Waals surface area contributed by atoms with Crippen molar-refractivity contribution in [3.05, 3.63) is 121 Å². The molecule has 4 aromatic rings. The highest BCUT2D eigenvalue weighted by Gasteiger charge is 2.17. The van der Waals surface area contributed by atoms with E-state index in [-0.39, 0.29) is 22.3 Å². The maximum Gasteiger partial charge on any atom is 0.273 e.